The van der Waals surface area contributed by atoms with Crippen molar-refractivity contribution in [2.24, 2.45) is 5.92 Å². The third-order valence-electron chi connectivity index (χ3n) is 5.20. The van der Waals surface area contributed by atoms with Crippen molar-refractivity contribution in [3.63, 3.8) is 0 Å². The minimum absolute atomic E-state index is 0.0850. The van der Waals surface area contributed by atoms with E-state index in [0.717, 1.165) is 18.1 Å². The zero-order valence-electron chi connectivity index (χ0n) is 13.7. The van der Waals surface area contributed by atoms with Crippen molar-refractivity contribution in [3.8, 4) is 5.75 Å². The van der Waals surface area contributed by atoms with Crippen molar-refractivity contribution in [1.82, 2.24) is 5.32 Å². The summed E-state index contributed by atoms with van der Waals surface area (Å²) in [5.74, 6) is 1.90. The molecule has 3 rings (SSSR count). The van der Waals surface area contributed by atoms with Gasteiger partial charge in [-0.1, -0.05) is 37.5 Å². The fourth-order valence-electron chi connectivity index (χ4n) is 4.04. The van der Waals surface area contributed by atoms with Gasteiger partial charge in [-0.3, -0.25) is 0 Å². The second-order valence-electron chi connectivity index (χ2n) is 7.51. The number of fused-ring (bicyclic) bond motifs is 1. The third-order valence-corrected chi connectivity index (χ3v) is 5.20. The van der Waals surface area contributed by atoms with Crippen molar-refractivity contribution in [2.45, 2.75) is 77.0 Å². The fourth-order valence-corrected chi connectivity index (χ4v) is 4.04. The lowest BCUT2D eigenvalue weighted by Crippen LogP contribution is -2.44. The van der Waals surface area contributed by atoms with Gasteiger partial charge in [-0.2, -0.15) is 0 Å². The van der Waals surface area contributed by atoms with E-state index in [1.807, 2.05) is 0 Å². The Labute approximate surface area is 129 Å². The molecule has 2 unspecified atom stereocenters. The van der Waals surface area contributed by atoms with Crippen molar-refractivity contribution < 1.29 is 4.74 Å². The lowest BCUT2D eigenvalue weighted by molar-refractivity contribution is 0.0613. The van der Waals surface area contributed by atoms with Gasteiger partial charge >= 0.3 is 0 Å². The molecule has 0 aromatic heterocycles. The molecule has 1 aromatic rings. The Kier molecular flexibility index (Phi) is 4.26. The maximum atomic E-state index is 6.14. The Morgan fingerprint density at radius 3 is 2.62 bits per heavy atom. The van der Waals surface area contributed by atoms with Crippen LogP contribution in [0.5, 0.6) is 5.75 Å². The predicted molar refractivity (Wildman–Crippen MR) is 87.7 cm³/mol. The first-order chi connectivity index (χ1) is 10.1. The molecule has 2 aliphatic rings. The number of nitrogens with one attached hydrogen (secondary N) is 1. The molecule has 2 atom stereocenters. The van der Waals surface area contributed by atoms with E-state index in [2.05, 4.69) is 50.4 Å². The van der Waals surface area contributed by atoms with Gasteiger partial charge < -0.3 is 10.1 Å². The molecule has 1 aromatic carbocycles. The Morgan fingerprint density at radius 2 is 1.86 bits per heavy atom. The summed E-state index contributed by atoms with van der Waals surface area (Å²) in [6, 6.07) is 9.54. The smallest absolute Gasteiger partial charge is 0.124 e. The SMILES string of the molecule is CC(NC1CC(C)(C)Oc2ccccc21)C1CCCCC1. The summed E-state index contributed by atoms with van der Waals surface area (Å²) in [5, 5.41) is 3.92. The molecule has 1 N–H and O–H groups in total. The molecular formula is C19H29NO. The van der Waals surface area contributed by atoms with Crippen LogP contribution in [0.15, 0.2) is 24.3 Å². The van der Waals surface area contributed by atoms with E-state index < -0.39 is 0 Å². The maximum absolute atomic E-state index is 6.14. The average Bonchev–Trinajstić information content (AvgIpc) is 2.47. The molecule has 1 fully saturated rings. The van der Waals surface area contributed by atoms with Crippen molar-refractivity contribution in [1.29, 1.82) is 0 Å². The Morgan fingerprint density at radius 1 is 1.14 bits per heavy atom. The normalized spacial score (nSPS) is 26.7. The number of hydrogen-bond donors (Lipinski definition) is 1. The van der Waals surface area contributed by atoms with E-state index >= 15 is 0 Å². The molecule has 0 bridgehead atoms. The standard InChI is InChI=1S/C19H29NO/c1-14(15-9-5-4-6-10-15)20-17-13-19(2,3)21-18-12-8-7-11-16(17)18/h7-8,11-12,14-15,17,20H,4-6,9-10,13H2,1-3H3. The summed E-state index contributed by atoms with van der Waals surface area (Å²) in [5.41, 5.74) is 1.25. The second kappa shape index (κ2) is 6.00. The molecule has 116 valence electrons. The van der Waals surface area contributed by atoms with Crippen LogP contribution < -0.4 is 10.1 Å². The van der Waals surface area contributed by atoms with Gasteiger partial charge in [0, 0.05) is 24.1 Å². The van der Waals surface area contributed by atoms with Crippen LogP contribution in [-0.4, -0.2) is 11.6 Å². The van der Waals surface area contributed by atoms with Crippen LogP contribution in [0, 0.1) is 5.92 Å². The topological polar surface area (TPSA) is 21.3 Å². The molecule has 0 amide bonds. The van der Waals surface area contributed by atoms with Gasteiger partial charge in [0.15, 0.2) is 0 Å². The highest BCUT2D eigenvalue weighted by Gasteiger charge is 2.34. The molecule has 0 radical (unpaired) electrons. The van der Waals surface area contributed by atoms with E-state index in [0.29, 0.717) is 12.1 Å². The molecule has 2 nitrogen and oxygen atoms in total. The number of benzene rings is 1. The van der Waals surface area contributed by atoms with Crippen LogP contribution in [0.3, 0.4) is 0 Å². The highest BCUT2D eigenvalue weighted by molar-refractivity contribution is 5.38. The Bertz CT molecular complexity index is 476. The molecule has 1 aliphatic heterocycles. The molecule has 21 heavy (non-hydrogen) atoms. The van der Waals surface area contributed by atoms with E-state index in [-0.39, 0.29) is 5.60 Å². The lowest BCUT2D eigenvalue weighted by Gasteiger charge is -2.40. The van der Waals surface area contributed by atoms with E-state index in [1.54, 1.807) is 0 Å². The molecule has 1 saturated carbocycles. The highest BCUT2D eigenvalue weighted by atomic mass is 16.5. The lowest BCUT2D eigenvalue weighted by atomic mass is 9.83. The van der Waals surface area contributed by atoms with Crippen LogP contribution in [-0.2, 0) is 0 Å². The van der Waals surface area contributed by atoms with Crippen molar-refractivity contribution >= 4 is 0 Å². The van der Waals surface area contributed by atoms with Crippen LogP contribution in [0.4, 0.5) is 0 Å². The second-order valence-corrected chi connectivity index (χ2v) is 7.51. The van der Waals surface area contributed by atoms with E-state index in [1.165, 1.54) is 37.7 Å². The van der Waals surface area contributed by atoms with Crippen LogP contribution in [0.25, 0.3) is 0 Å². The zero-order chi connectivity index (χ0) is 14.9. The van der Waals surface area contributed by atoms with Gasteiger partial charge in [0.25, 0.3) is 0 Å². The quantitative estimate of drug-likeness (QED) is 0.858. The molecular weight excluding hydrogens is 258 g/mol. The highest BCUT2D eigenvalue weighted by Crippen LogP contribution is 2.40. The molecule has 1 aliphatic carbocycles. The van der Waals surface area contributed by atoms with Gasteiger partial charge in [-0.25, -0.2) is 0 Å². The van der Waals surface area contributed by atoms with Gasteiger partial charge in [0.2, 0.25) is 0 Å². The Balaban J connectivity index is 1.74. The molecule has 1 heterocycles. The first kappa shape index (κ1) is 14.9. The van der Waals surface area contributed by atoms with Crippen molar-refractivity contribution in [3.05, 3.63) is 29.8 Å². The van der Waals surface area contributed by atoms with Crippen LogP contribution in [0.1, 0.15) is 70.9 Å². The zero-order valence-corrected chi connectivity index (χ0v) is 13.7. The van der Waals surface area contributed by atoms with E-state index in [4.69, 9.17) is 4.74 Å². The number of para-hydroxylation sites is 1. The van der Waals surface area contributed by atoms with Crippen LogP contribution in [0.2, 0.25) is 0 Å². The van der Waals surface area contributed by atoms with Crippen molar-refractivity contribution in [2.75, 3.05) is 0 Å². The summed E-state index contributed by atoms with van der Waals surface area (Å²) >= 11 is 0. The van der Waals surface area contributed by atoms with Gasteiger partial charge in [-0.05, 0) is 45.6 Å². The van der Waals surface area contributed by atoms with E-state index in [9.17, 15) is 0 Å². The molecule has 0 spiro atoms. The summed E-state index contributed by atoms with van der Waals surface area (Å²) in [6.07, 6.45) is 8.07. The summed E-state index contributed by atoms with van der Waals surface area (Å²) in [4.78, 5) is 0. The molecule has 0 saturated heterocycles. The predicted octanol–water partition coefficient (Wildman–Crippen LogP) is 4.85. The largest absolute Gasteiger partial charge is 0.487 e. The minimum Gasteiger partial charge on any atom is -0.487 e. The Hall–Kier alpha value is -1.02. The number of rotatable bonds is 3. The summed E-state index contributed by atoms with van der Waals surface area (Å²) < 4.78 is 6.14. The van der Waals surface area contributed by atoms with Gasteiger partial charge in [0.05, 0.1) is 0 Å². The average molecular weight is 287 g/mol. The minimum atomic E-state index is -0.0850. The van der Waals surface area contributed by atoms with Gasteiger partial charge in [-0.15, -0.1) is 0 Å². The first-order valence-electron chi connectivity index (χ1n) is 8.59. The fraction of sp³-hybridized carbons (Fsp3) is 0.684. The van der Waals surface area contributed by atoms with Crippen LogP contribution >= 0.6 is 0 Å². The third kappa shape index (κ3) is 3.42. The monoisotopic (exact) mass is 287 g/mol. The summed E-state index contributed by atoms with van der Waals surface area (Å²) in [7, 11) is 0. The summed E-state index contributed by atoms with van der Waals surface area (Å²) in [6.45, 7) is 6.77. The number of hydrogen-bond acceptors (Lipinski definition) is 2. The molecule has 2 heteroatoms. The van der Waals surface area contributed by atoms with Gasteiger partial charge in [0.1, 0.15) is 11.4 Å². The number of ether oxygens (including phenoxy) is 1. The maximum Gasteiger partial charge on any atom is 0.124 e. The first-order valence-corrected chi connectivity index (χ1v) is 8.59.